The Balaban J connectivity index is 1.48. The standard InChI is InChI=1S/C20H26N4OS/c1-15(2)16-6-8-17(9-7-16)21-19(25)14-26-20-11-10-18(22-23-20)24-12-4-3-5-13-24/h6-11,15H,3-5,12-14H2,1-2H3,(H,21,25). The Bertz CT molecular complexity index is 710. The molecule has 5 nitrogen and oxygen atoms in total. The van der Waals surface area contributed by atoms with Crippen molar-refractivity contribution < 1.29 is 4.79 Å². The molecule has 138 valence electrons. The fourth-order valence-corrected chi connectivity index (χ4v) is 3.58. The van der Waals surface area contributed by atoms with Crippen LogP contribution in [0, 0.1) is 0 Å². The minimum Gasteiger partial charge on any atom is -0.355 e. The quantitative estimate of drug-likeness (QED) is 0.768. The Hall–Kier alpha value is -2.08. The highest BCUT2D eigenvalue weighted by Crippen LogP contribution is 2.21. The lowest BCUT2D eigenvalue weighted by Gasteiger charge is -2.27. The van der Waals surface area contributed by atoms with Crippen LogP contribution in [0.25, 0.3) is 0 Å². The first-order valence-electron chi connectivity index (χ1n) is 9.23. The summed E-state index contributed by atoms with van der Waals surface area (Å²) in [6, 6.07) is 12.0. The number of carbonyl (C=O) groups is 1. The van der Waals surface area contributed by atoms with Crippen LogP contribution in [-0.2, 0) is 4.79 Å². The second-order valence-corrected chi connectivity index (χ2v) is 7.89. The predicted octanol–water partition coefficient (Wildman–Crippen LogP) is 4.32. The molecule has 0 unspecified atom stereocenters. The second kappa shape index (κ2) is 9.03. The molecular formula is C20H26N4OS. The topological polar surface area (TPSA) is 58.1 Å². The van der Waals surface area contributed by atoms with Gasteiger partial charge in [0.25, 0.3) is 0 Å². The highest BCUT2D eigenvalue weighted by atomic mass is 32.2. The van der Waals surface area contributed by atoms with E-state index >= 15 is 0 Å². The van der Waals surface area contributed by atoms with Crippen molar-refractivity contribution in [2.24, 2.45) is 0 Å². The number of aromatic nitrogens is 2. The van der Waals surface area contributed by atoms with Crippen molar-refractivity contribution in [3.8, 4) is 0 Å². The third kappa shape index (κ3) is 5.21. The summed E-state index contributed by atoms with van der Waals surface area (Å²) in [7, 11) is 0. The number of piperidine rings is 1. The van der Waals surface area contributed by atoms with Gasteiger partial charge in [0, 0.05) is 18.8 Å². The van der Waals surface area contributed by atoms with E-state index in [4.69, 9.17) is 0 Å². The molecule has 1 N–H and O–H groups in total. The summed E-state index contributed by atoms with van der Waals surface area (Å²) in [6.45, 7) is 6.42. The molecule has 3 rings (SSSR count). The summed E-state index contributed by atoms with van der Waals surface area (Å²) in [6.07, 6.45) is 3.74. The molecule has 0 bridgehead atoms. The van der Waals surface area contributed by atoms with Gasteiger partial charge in [-0.2, -0.15) is 0 Å². The minimum atomic E-state index is -0.0331. The monoisotopic (exact) mass is 370 g/mol. The number of thioether (sulfide) groups is 1. The van der Waals surface area contributed by atoms with Crippen LogP contribution in [0.15, 0.2) is 41.4 Å². The van der Waals surface area contributed by atoms with Crippen LogP contribution < -0.4 is 10.2 Å². The number of amides is 1. The number of benzene rings is 1. The third-order valence-electron chi connectivity index (χ3n) is 4.52. The van der Waals surface area contributed by atoms with Crippen molar-refractivity contribution in [3.05, 3.63) is 42.0 Å². The number of carbonyl (C=O) groups excluding carboxylic acids is 1. The van der Waals surface area contributed by atoms with Crippen molar-refractivity contribution in [1.29, 1.82) is 0 Å². The third-order valence-corrected chi connectivity index (χ3v) is 5.44. The number of hydrogen-bond acceptors (Lipinski definition) is 5. The normalized spacial score (nSPS) is 14.5. The van der Waals surface area contributed by atoms with Crippen LogP contribution >= 0.6 is 11.8 Å². The zero-order chi connectivity index (χ0) is 18.4. The summed E-state index contributed by atoms with van der Waals surface area (Å²) in [5.41, 5.74) is 2.09. The lowest BCUT2D eigenvalue weighted by molar-refractivity contribution is -0.113. The number of nitrogens with one attached hydrogen (secondary N) is 1. The van der Waals surface area contributed by atoms with Crippen molar-refractivity contribution in [3.63, 3.8) is 0 Å². The minimum absolute atomic E-state index is 0.0331. The Morgan fingerprint density at radius 3 is 2.42 bits per heavy atom. The highest BCUT2D eigenvalue weighted by Gasteiger charge is 2.13. The van der Waals surface area contributed by atoms with Crippen molar-refractivity contribution in [2.75, 3.05) is 29.1 Å². The van der Waals surface area contributed by atoms with Crippen LogP contribution in [0.1, 0.15) is 44.6 Å². The van der Waals surface area contributed by atoms with Gasteiger partial charge in [-0.3, -0.25) is 4.79 Å². The molecular weight excluding hydrogens is 344 g/mol. The number of rotatable bonds is 6. The van der Waals surface area contributed by atoms with E-state index in [9.17, 15) is 4.79 Å². The number of hydrogen-bond donors (Lipinski definition) is 1. The fraction of sp³-hybridized carbons (Fsp3) is 0.450. The predicted molar refractivity (Wildman–Crippen MR) is 108 cm³/mol. The molecule has 2 heterocycles. The Morgan fingerprint density at radius 1 is 1.08 bits per heavy atom. The Kier molecular flexibility index (Phi) is 6.50. The van der Waals surface area contributed by atoms with Gasteiger partial charge in [0.1, 0.15) is 5.03 Å². The number of nitrogens with zero attached hydrogens (tertiary/aromatic N) is 3. The summed E-state index contributed by atoms with van der Waals surface area (Å²) < 4.78 is 0. The van der Waals surface area contributed by atoms with Gasteiger partial charge in [0.05, 0.1) is 5.75 Å². The summed E-state index contributed by atoms with van der Waals surface area (Å²) in [5.74, 6) is 1.71. The van der Waals surface area contributed by atoms with Gasteiger partial charge >= 0.3 is 0 Å². The maximum absolute atomic E-state index is 12.1. The van der Waals surface area contributed by atoms with Gasteiger partial charge < -0.3 is 10.2 Å². The molecule has 1 aliphatic rings. The lowest BCUT2D eigenvalue weighted by Crippen LogP contribution is -2.30. The maximum atomic E-state index is 12.1. The van der Waals surface area contributed by atoms with Crippen molar-refractivity contribution in [2.45, 2.75) is 44.1 Å². The summed E-state index contributed by atoms with van der Waals surface area (Å²) in [4.78, 5) is 14.4. The summed E-state index contributed by atoms with van der Waals surface area (Å²) >= 11 is 1.41. The molecule has 1 fully saturated rings. The zero-order valence-electron chi connectivity index (χ0n) is 15.4. The average Bonchev–Trinajstić information content (AvgIpc) is 2.68. The molecule has 0 aliphatic carbocycles. The molecule has 1 aromatic heterocycles. The molecule has 0 spiro atoms. The van der Waals surface area contributed by atoms with Crippen LogP contribution in [0.2, 0.25) is 0 Å². The molecule has 6 heteroatoms. The molecule has 26 heavy (non-hydrogen) atoms. The SMILES string of the molecule is CC(C)c1ccc(NC(=O)CSc2ccc(N3CCCCC3)nn2)cc1. The zero-order valence-corrected chi connectivity index (χ0v) is 16.3. The molecule has 1 aliphatic heterocycles. The first-order valence-corrected chi connectivity index (χ1v) is 10.2. The van der Waals surface area contributed by atoms with Crippen molar-refractivity contribution in [1.82, 2.24) is 10.2 Å². The molecule has 1 aromatic carbocycles. The van der Waals surface area contributed by atoms with E-state index in [-0.39, 0.29) is 5.91 Å². The summed E-state index contributed by atoms with van der Waals surface area (Å²) in [5, 5.41) is 12.3. The van der Waals surface area contributed by atoms with Crippen LogP contribution in [0.5, 0.6) is 0 Å². The van der Waals surface area contributed by atoms with Gasteiger partial charge in [-0.1, -0.05) is 37.7 Å². The number of anilines is 2. The van der Waals surface area contributed by atoms with Crippen LogP contribution in [0.4, 0.5) is 11.5 Å². The van der Waals surface area contributed by atoms with Gasteiger partial charge in [0.15, 0.2) is 5.82 Å². The average molecular weight is 371 g/mol. The second-order valence-electron chi connectivity index (χ2n) is 6.89. The highest BCUT2D eigenvalue weighted by molar-refractivity contribution is 7.99. The van der Waals surface area contributed by atoms with Gasteiger partial charge in [-0.25, -0.2) is 0 Å². The molecule has 2 aromatic rings. The first-order chi connectivity index (χ1) is 12.6. The Labute approximate surface area is 159 Å². The van der Waals surface area contributed by atoms with E-state index in [1.807, 2.05) is 24.3 Å². The molecule has 0 saturated carbocycles. The van der Waals surface area contributed by atoms with Gasteiger partial charge in [0.2, 0.25) is 5.91 Å². The van der Waals surface area contributed by atoms with Crippen molar-refractivity contribution >= 4 is 29.2 Å². The fourth-order valence-electron chi connectivity index (χ4n) is 2.97. The van der Waals surface area contributed by atoms with Crippen LogP contribution in [-0.4, -0.2) is 34.9 Å². The lowest BCUT2D eigenvalue weighted by atomic mass is 10.0. The van der Waals surface area contributed by atoms with Gasteiger partial charge in [-0.05, 0) is 55.0 Å². The van der Waals surface area contributed by atoms with E-state index in [0.29, 0.717) is 11.7 Å². The van der Waals surface area contributed by atoms with E-state index in [0.717, 1.165) is 29.6 Å². The van der Waals surface area contributed by atoms with E-state index in [2.05, 4.69) is 46.4 Å². The van der Waals surface area contributed by atoms with E-state index in [1.54, 1.807) is 0 Å². The largest absolute Gasteiger partial charge is 0.355 e. The molecule has 0 atom stereocenters. The molecule has 1 amide bonds. The van der Waals surface area contributed by atoms with Gasteiger partial charge in [-0.15, -0.1) is 10.2 Å². The Morgan fingerprint density at radius 2 is 1.81 bits per heavy atom. The maximum Gasteiger partial charge on any atom is 0.234 e. The molecule has 1 saturated heterocycles. The van der Waals surface area contributed by atoms with E-state index < -0.39 is 0 Å². The molecule has 0 radical (unpaired) electrons. The van der Waals surface area contributed by atoms with E-state index in [1.165, 1.54) is 36.6 Å². The van der Waals surface area contributed by atoms with Crippen LogP contribution in [0.3, 0.4) is 0 Å². The first kappa shape index (κ1) is 18.7. The smallest absolute Gasteiger partial charge is 0.234 e.